The van der Waals surface area contributed by atoms with Crippen LogP contribution in [0.25, 0.3) is 0 Å². The molecule has 0 heterocycles. The Hall–Kier alpha value is -0.520. The first-order chi connectivity index (χ1) is 5.16. The molecule has 62 valence electrons. The molecule has 0 heteroatoms. The number of allylic oxidation sites excluding steroid dienone is 4. The topological polar surface area (TPSA) is 0 Å². The number of hydrogen-bond acceptors (Lipinski definition) is 0. The van der Waals surface area contributed by atoms with Gasteiger partial charge in [-0.3, -0.25) is 0 Å². The molecule has 0 aliphatic heterocycles. The first-order valence-electron chi connectivity index (χ1n) is 4.16. The lowest BCUT2D eigenvalue weighted by molar-refractivity contribution is 0.958. The Morgan fingerprint density at radius 1 is 1.18 bits per heavy atom. The molecule has 0 aliphatic rings. The van der Waals surface area contributed by atoms with Crippen LogP contribution in [0.2, 0.25) is 0 Å². The van der Waals surface area contributed by atoms with Gasteiger partial charge in [0.25, 0.3) is 0 Å². The average Bonchev–Trinajstić information content (AvgIpc) is 1.87. The van der Waals surface area contributed by atoms with Gasteiger partial charge >= 0.3 is 0 Å². The molecule has 0 fully saturated rings. The van der Waals surface area contributed by atoms with E-state index >= 15 is 0 Å². The summed E-state index contributed by atoms with van der Waals surface area (Å²) >= 11 is 0. The van der Waals surface area contributed by atoms with E-state index in [0.29, 0.717) is 6.42 Å². The van der Waals surface area contributed by atoms with Gasteiger partial charge in [0.2, 0.25) is 0 Å². The molecule has 11 heavy (non-hydrogen) atoms. The number of hydrogen-bond donors (Lipinski definition) is 0. The highest BCUT2D eigenvalue weighted by atomic mass is 13.9. The van der Waals surface area contributed by atoms with Gasteiger partial charge in [0.05, 0.1) is 0 Å². The fraction of sp³-hybridized carbons (Fsp3) is 0.545. The van der Waals surface area contributed by atoms with E-state index in [1.165, 1.54) is 11.1 Å². The summed E-state index contributed by atoms with van der Waals surface area (Å²) < 4.78 is 0. The van der Waals surface area contributed by atoms with Crippen molar-refractivity contribution in [3.63, 3.8) is 0 Å². The first kappa shape index (κ1) is 10.5. The molecule has 0 aliphatic carbocycles. The lowest BCUT2D eigenvalue weighted by atomic mass is 10.1. The summed E-state index contributed by atoms with van der Waals surface area (Å²) in [6.45, 7) is 11.8. The molecule has 0 bridgehead atoms. The van der Waals surface area contributed by atoms with Crippen LogP contribution >= 0.6 is 0 Å². The summed E-state index contributed by atoms with van der Waals surface area (Å²) in [5.74, 6) is 0. The Morgan fingerprint density at radius 2 is 1.82 bits per heavy atom. The molecular formula is C11H18. The average molecular weight is 150 g/mol. The second kappa shape index (κ2) is 6.21. The maximum absolute atomic E-state index is 5.37. The Labute approximate surface area is 71.0 Å². The van der Waals surface area contributed by atoms with Crippen molar-refractivity contribution in [3.8, 4) is 0 Å². The van der Waals surface area contributed by atoms with Gasteiger partial charge in [-0.15, -0.1) is 0 Å². The summed E-state index contributed by atoms with van der Waals surface area (Å²) in [7, 11) is 0. The van der Waals surface area contributed by atoms with Crippen LogP contribution in [-0.4, -0.2) is 0 Å². The van der Waals surface area contributed by atoms with Crippen molar-refractivity contribution < 1.29 is 0 Å². The highest BCUT2D eigenvalue weighted by Gasteiger charge is 1.86. The van der Waals surface area contributed by atoms with E-state index in [2.05, 4.69) is 32.9 Å². The normalized spacial score (nSPS) is 11.5. The standard InChI is InChI=1S/C11H18/c1-5-7-11(4)9-6-8-10(2)3/h1,7-8H,5-6,9H2,2-4H3/b11-7+. The van der Waals surface area contributed by atoms with Gasteiger partial charge in [0, 0.05) is 0 Å². The van der Waals surface area contributed by atoms with E-state index in [9.17, 15) is 0 Å². The third-order valence-electron chi connectivity index (χ3n) is 1.56. The summed E-state index contributed by atoms with van der Waals surface area (Å²) in [5.41, 5.74) is 2.79. The van der Waals surface area contributed by atoms with E-state index in [1.807, 2.05) is 0 Å². The SMILES string of the molecule is [CH]C/C=C(\C)CCC=C(C)C. The monoisotopic (exact) mass is 150 g/mol. The molecular weight excluding hydrogens is 132 g/mol. The zero-order valence-corrected chi connectivity index (χ0v) is 7.85. The summed E-state index contributed by atoms with van der Waals surface area (Å²) in [6, 6.07) is 0. The lowest BCUT2D eigenvalue weighted by Gasteiger charge is -1.96. The fourth-order valence-corrected chi connectivity index (χ4v) is 0.892. The van der Waals surface area contributed by atoms with Gasteiger partial charge in [-0.05, 0) is 47.0 Å². The molecule has 0 atom stereocenters. The van der Waals surface area contributed by atoms with Gasteiger partial charge in [0.1, 0.15) is 0 Å². The van der Waals surface area contributed by atoms with Gasteiger partial charge in [0.15, 0.2) is 0 Å². The molecule has 0 aromatic carbocycles. The second-order valence-electron chi connectivity index (χ2n) is 3.11. The van der Waals surface area contributed by atoms with E-state index in [4.69, 9.17) is 6.92 Å². The summed E-state index contributed by atoms with van der Waals surface area (Å²) in [6.07, 6.45) is 7.29. The Morgan fingerprint density at radius 3 is 2.27 bits per heavy atom. The van der Waals surface area contributed by atoms with Crippen molar-refractivity contribution in [3.05, 3.63) is 30.2 Å². The van der Waals surface area contributed by atoms with Gasteiger partial charge in [-0.2, -0.15) is 0 Å². The quantitative estimate of drug-likeness (QED) is 0.535. The van der Waals surface area contributed by atoms with E-state index < -0.39 is 0 Å². The minimum absolute atomic E-state index is 0.667. The van der Waals surface area contributed by atoms with Crippen LogP contribution in [0.1, 0.15) is 40.0 Å². The second-order valence-corrected chi connectivity index (χ2v) is 3.11. The van der Waals surface area contributed by atoms with E-state index in [0.717, 1.165) is 12.8 Å². The third-order valence-corrected chi connectivity index (χ3v) is 1.56. The molecule has 0 aromatic rings. The fourth-order valence-electron chi connectivity index (χ4n) is 0.892. The minimum Gasteiger partial charge on any atom is -0.0856 e. The Kier molecular flexibility index (Phi) is 5.91. The van der Waals surface area contributed by atoms with Crippen molar-refractivity contribution in [1.29, 1.82) is 0 Å². The molecule has 0 aromatic heterocycles. The predicted octanol–water partition coefficient (Wildman–Crippen LogP) is 3.78. The molecule has 0 rings (SSSR count). The van der Waals surface area contributed by atoms with Gasteiger partial charge in [-0.25, -0.2) is 0 Å². The van der Waals surface area contributed by atoms with Crippen LogP contribution in [0, 0.1) is 6.92 Å². The van der Waals surface area contributed by atoms with Crippen LogP contribution in [0.4, 0.5) is 0 Å². The minimum atomic E-state index is 0.667. The maximum Gasteiger partial charge on any atom is -0.0288 e. The molecule has 0 spiro atoms. The summed E-state index contributed by atoms with van der Waals surface area (Å²) in [4.78, 5) is 0. The zero-order valence-electron chi connectivity index (χ0n) is 7.85. The smallest absolute Gasteiger partial charge is 0.0288 e. The van der Waals surface area contributed by atoms with Gasteiger partial charge < -0.3 is 0 Å². The van der Waals surface area contributed by atoms with Crippen LogP contribution in [0.15, 0.2) is 23.3 Å². The molecule has 0 unspecified atom stereocenters. The molecule has 0 nitrogen and oxygen atoms in total. The molecule has 0 saturated heterocycles. The van der Waals surface area contributed by atoms with Crippen molar-refractivity contribution in [1.82, 2.24) is 0 Å². The van der Waals surface area contributed by atoms with E-state index in [1.54, 1.807) is 0 Å². The van der Waals surface area contributed by atoms with Gasteiger partial charge in [-0.1, -0.05) is 23.3 Å². The van der Waals surface area contributed by atoms with Crippen molar-refractivity contribution in [2.75, 3.05) is 0 Å². The summed E-state index contributed by atoms with van der Waals surface area (Å²) in [5, 5.41) is 0. The van der Waals surface area contributed by atoms with Crippen LogP contribution < -0.4 is 0 Å². The highest BCUT2D eigenvalue weighted by molar-refractivity contribution is 5.02. The highest BCUT2D eigenvalue weighted by Crippen LogP contribution is 2.06. The first-order valence-corrected chi connectivity index (χ1v) is 4.16. The van der Waals surface area contributed by atoms with Crippen LogP contribution in [0.5, 0.6) is 0 Å². The lowest BCUT2D eigenvalue weighted by Crippen LogP contribution is -1.76. The molecule has 0 saturated carbocycles. The Balaban J connectivity index is 3.54. The number of rotatable bonds is 4. The van der Waals surface area contributed by atoms with Crippen molar-refractivity contribution in [2.24, 2.45) is 0 Å². The van der Waals surface area contributed by atoms with Crippen LogP contribution in [-0.2, 0) is 0 Å². The predicted molar refractivity (Wildman–Crippen MR) is 51.3 cm³/mol. The maximum atomic E-state index is 5.37. The van der Waals surface area contributed by atoms with E-state index in [-0.39, 0.29) is 0 Å². The van der Waals surface area contributed by atoms with Crippen LogP contribution in [0.3, 0.4) is 0 Å². The largest absolute Gasteiger partial charge is 0.0856 e. The Bertz CT molecular complexity index is 145. The molecule has 2 radical (unpaired) electrons. The molecule has 0 amide bonds. The third kappa shape index (κ3) is 7.38. The van der Waals surface area contributed by atoms with Crippen molar-refractivity contribution in [2.45, 2.75) is 40.0 Å². The molecule has 0 N–H and O–H groups in total. The van der Waals surface area contributed by atoms with Crippen molar-refractivity contribution >= 4 is 0 Å². The zero-order chi connectivity index (χ0) is 8.69.